The van der Waals surface area contributed by atoms with E-state index in [4.69, 9.17) is 0 Å². The summed E-state index contributed by atoms with van der Waals surface area (Å²) in [5, 5.41) is 9.13. The summed E-state index contributed by atoms with van der Waals surface area (Å²) in [5.74, 6) is -0.954. The van der Waals surface area contributed by atoms with E-state index in [1.165, 1.54) is 12.1 Å². The van der Waals surface area contributed by atoms with Gasteiger partial charge in [-0.15, -0.1) is 0 Å². The Morgan fingerprint density at radius 2 is 1.90 bits per heavy atom. The highest BCUT2D eigenvalue weighted by Gasteiger charge is 2.13. The topological polar surface area (TPSA) is 70.7 Å². The van der Waals surface area contributed by atoms with Gasteiger partial charge >= 0.3 is 0 Å². The van der Waals surface area contributed by atoms with Gasteiger partial charge in [-0.1, -0.05) is 18.2 Å². The Morgan fingerprint density at radius 1 is 1.10 bits per heavy atom. The molecule has 3 aromatic rings. The molecule has 0 aliphatic carbocycles. The van der Waals surface area contributed by atoms with Crippen LogP contribution < -0.4 is 5.32 Å². The molecule has 5 nitrogen and oxygen atoms in total. The molecule has 0 bridgehead atoms. The van der Waals surface area contributed by atoms with Gasteiger partial charge < -0.3 is 5.32 Å². The third-order valence-corrected chi connectivity index (χ3v) is 2.87. The molecule has 6 heteroatoms. The average Bonchev–Trinajstić information content (AvgIpc) is 3.00. The van der Waals surface area contributed by atoms with Crippen LogP contribution in [0.15, 0.2) is 54.7 Å². The molecule has 0 unspecified atom stereocenters. The molecule has 1 aromatic carbocycles. The Balaban J connectivity index is 1.80. The van der Waals surface area contributed by atoms with Gasteiger partial charge in [0.1, 0.15) is 17.2 Å². The van der Waals surface area contributed by atoms with E-state index in [1.807, 2.05) is 6.07 Å². The first-order valence-electron chi connectivity index (χ1n) is 6.27. The van der Waals surface area contributed by atoms with Crippen molar-refractivity contribution >= 4 is 11.6 Å². The van der Waals surface area contributed by atoms with Gasteiger partial charge in [0.15, 0.2) is 0 Å². The highest BCUT2D eigenvalue weighted by molar-refractivity contribution is 6.03. The molecule has 104 valence electrons. The number of hydrogen-bond donors (Lipinski definition) is 2. The fourth-order valence-electron chi connectivity index (χ4n) is 1.84. The number of para-hydroxylation sites is 1. The number of H-pyrrole nitrogens is 1. The minimum atomic E-state index is -0.490. The first-order chi connectivity index (χ1) is 10.2. The number of anilines is 1. The molecule has 0 fully saturated rings. The van der Waals surface area contributed by atoms with Crippen molar-refractivity contribution in [2.24, 2.45) is 0 Å². The van der Waals surface area contributed by atoms with Crippen LogP contribution >= 0.6 is 0 Å². The lowest BCUT2D eigenvalue weighted by atomic mass is 10.2. The number of aromatic nitrogens is 3. The second kappa shape index (κ2) is 5.54. The molecule has 2 aromatic heterocycles. The highest BCUT2D eigenvalue weighted by atomic mass is 19.1. The van der Waals surface area contributed by atoms with Crippen LogP contribution in [0.25, 0.3) is 11.4 Å². The van der Waals surface area contributed by atoms with Gasteiger partial charge in [0.2, 0.25) is 0 Å². The van der Waals surface area contributed by atoms with Gasteiger partial charge in [0, 0.05) is 6.20 Å². The maximum absolute atomic E-state index is 13.5. The highest BCUT2D eigenvalue weighted by Crippen LogP contribution is 2.17. The van der Waals surface area contributed by atoms with Crippen molar-refractivity contribution in [2.45, 2.75) is 0 Å². The number of halogens is 1. The van der Waals surface area contributed by atoms with Gasteiger partial charge in [-0.2, -0.15) is 5.10 Å². The number of hydrogen-bond acceptors (Lipinski definition) is 3. The maximum Gasteiger partial charge on any atom is 0.273 e. The molecule has 1 amide bonds. The molecule has 0 saturated carbocycles. The molecular weight excluding hydrogens is 271 g/mol. The standard InChI is InChI=1S/C15H11FN4O/c16-10-5-1-2-6-11(10)18-15(21)14-9-13(19-20-14)12-7-3-4-8-17-12/h1-9H,(H,18,21)(H,19,20). The quantitative estimate of drug-likeness (QED) is 0.776. The van der Waals surface area contributed by atoms with Gasteiger partial charge in [0.25, 0.3) is 5.91 Å². The smallest absolute Gasteiger partial charge is 0.273 e. The molecule has 0 aliphatic heterocycles. The molecule has 3 rings (SSSR count). The number of amides is 1. The van der Waals surface area contributed by atoms with Crippen molar-refractivity contribution in [3.8, 4) is 11.4 Å². The Kier molecular flexibility index (Phi) is 3.42. The lowest BCUT2D eigenvalue weighted by Gasteiger charge is -2.03. The number of aromatic amines is 1. The Labute approximate surface area is 119 Å². The van der Waals surface area contributed by atoms with Crippen molar-refractivity contribution in [1.29, 1.82) is 0 Å². The monoisotopic (exact) mass is 282 g/mol. The Hall–Kier alpha value is -3.02. The van der Waals surface area contributed by atoms with Crippen LogP contribution in [0, 0.1) is 5.82 Å². The zero-order chi connectivity index (χ0) is 14.7. The molecule has 21 heavy (non-hydrogen) atoms. The van der Waals surface area contributed by atoms with Crippen LogP contribution in [0.2, 0.25) is 0 Å². The van der Waals surface area contributed by atoms with Gasteiger partial charge in [-0.3, -0.25) is 14.9 Å². The number of pyridine rings is 1. The average molecular weight is 282 g/mol. The van der Waals surface area contributed by atoms with Crippen LogP contribution in [0.1, 0.15) is 10.5 Å². The number of rotatable bonds is 3. The van der Waals surface area contributed by atoms with E-state index in [1.54, 1.807) is 36.5 Å². The summed E-state index contributed by atoms with van der Waals surface area (Å²) in [7, 11) is 0. The predicted molar refractivity (Wildman–Crippen MR) is 76.2 cm³/mol. The third kappa shape index (κ3) is 2.79. The molecular formula is C15H11FN4O. The molecule has 0 atom stereocenters. The summed E-state index contributed by atoms with van der Waals surface area (Å²) < 4.78 is 13.5. The second-order valence-corrected chi connectivity index (χ2v) is 4.32. The summed E-state index contributed by atoms with van der Waals surface area (Å²) >= 11 is 0. The van der Waals surface area contributed by atoms with E-state index in [-0.39, 0.29) is 11.4 Å². The van der Waals surface area contributed by atoms with E-state index in [2.05, 4.69) is 20.5 Å². The Bertz CT molecular complexity index is 770. The zero-order valence-corrected chi connectivity index (χ0v) is 10.9. The predicted octanol–water partition coefficient (Wildman–Crippen LogP) is 2.86. The summed E-state index contributed by atoms with van der Waals surface area (Å²) in [6.07, 6.45) is 1.64. The number of nitrogens with zero attached hydrogens (tertiary/aromatic N) is 2. The van der Waals surface area contributed by atoms with Crippen molar-refractivity contribution in [3.05, 3.63) is 66.2 Å². The van der Waals surface area contributed by atoms with Gasteiger partial charge in [-0.05, 0) is 30.3 Å². The molecule has 2 heterocycles. The lowest BCUT2D eigenvalue weighted by molar-refractivity contribution is 0.102. The minimum absolute atomic E-state index is 0.122. The van der Waals surface area contributed by atoms with E-state index in [9.17, 15) is 9.18 Å². The van der Waals surface area contributed by atoms with E-state index >= 15 is 0 Å². The first-order valence-corrected chi connectivity index (χ1v) is 6.27. The zero-order valence-electron chi connectivity index (χ0n) is 10.9. The van der Waals surface area contributed by atoms with Crippen LogP contribution in [0.5, 0.6) is 0 Å². The van der Waals surface area contributed by atoms with E-state index < -0.39 is 11.7 Å². The van der Waals surface area contributed by atoms with Crippen molar-refractivity contribution < 1.29 is 9.18 Å². The number of benzene rings is 1. The van der Waals surface area contributed by atoms with Crippen LogP contribution in [0.4, 0.5) is 10.1 Å². The maximum atomic E-state index is 13.5. The van der Waals surface area contributed by atoms with Gasteiger partial charge in [-0.25, -0.2) is 4.39 Å². The van der Waals surface area contributed by atoms with Crippen LogP contribution in [-0.2, 0) is 0 Å². The Morgan fingerprint density at radius 3 is 2.67 bits per heavy atom. The largest absolute Gasteiger partial charge is 0.318 e. The molecule has 2 N–H and O–H groups in total. The second-order valence-electron chi connectivity index (χ2n) is 4.32. The first kappa shape index (κ1) is 13.0. The van der Waals surface area contributed by atoms with Crippen molar-refractivity contribution in [2.75, 3.05) is 5.32 Å². The van der Waals surface area contributed by atoms with Crippen LogP contribution in [-0.4, -0.2) is 21.1 Å². The number of nitrogens with one attached hydrogen (secondary N) is 2. The summed E-state index contributed by atoms with van der Waals surface area (Å²) in [5.41, 5.74) is 1.56. The number of carbonyl (C=O) groups excluding carboxylic acids is 1. The molecule has 0 aliphatic rings. The summed E-state index contributed by atoms with van der Waals surface area (Å²) in [6.45, 7) is 0. The fraction of sp³-hybridized carbons (Fsp3) is 0. The SMILES string of the molecule is O=C(Nc1ccccc1F)c1cc(-c2ccccn2)n[nH]1. The van der Waals surface area contributed by atoms with E-state index in [0.717, 1.165) is 0 Å². The third-order valence-electron chi connectivity index (χ3n) is 2.87. The minimum Gasteiger partial charge on any atom is -0.318 e. The van der Waals surface area contributed by atoms with Gasteiger partial charge in [0.05, 0.1) is 11.4 Å². The van der Waals surface area contributed by atoms with E-state index in [0.29, 0.717) is 11.4 Å². The van der Waals surface area contributed by atoms with Crippen molar-refractivity contribution in [1.82, 2.24) is 15.2 Å². The van der Waals surface area contributed by atoms with Crippen LogP contribution in [0.3, 0.4) is 0 Å². The molecule has 0 radical (unpaired) electrons. The molecule has 0 saturated heterocycles. The summed E-state index contributed by atoms with van der Waals surface area (Å²) in [6, 6.07) is 12.9. The summed E-state index contributed by atoms with van der Waals surface area (Å²) in [4.78, 5) is 16.2. The number of carbonyl (C=O) groups is 1. The fourth-order valence-corrected chi connectivity index (χ4v) is 1.84. The molecule has 0 spiro atoms. The normalized spacial score (nSPS) is 10.3. The lowest BCUT2D eigenvalue weighted by Crippen LogP contribution is -2.13. The van der Waals surface area contributed by atoms with Crippen molar-refractivity contribution in [3.63, 3.8) is 0 Å².